The van der Waals surface area contributed by atoms with Crippen LogP contribution >= 0.6 is 0 Å². The summed E-state index contributed by atoms with van der Waals surface area (Å²) in [6.07, 6.45) is 2.80. The maximum Gasteiger partial charge on any atom is 0.244 e. The summed E-state index contributed by atoms with van der Waals surface area (Å²) in [5.41, 5.74) is 0. The molecule has 134 valence electrons. The van der Waals surface area contributed by atoms with E-state index in [0.29, 0.717) is 19.7 Å². The van der Waals surface area contributed by atoms with Crippen molar-refractivity contribution >= 4 is 19.9 Å². The summed E-state index contributed by atoms with van der Waals surface area (Å²) in [5, 5.41) is 0. The number of hydrogen-bond donors (Lipinski definition) is 0. The third-order valence-corrected chi connectivity index (χ3v) is 8.17. The number of sulfone groups is 1. The summed E-state index contributed by atoms with van der Waals surface area (Å²) in [7, 11) is -5.44. The summed E-state index contributed by atoms with van der Waals surface area (Å²) >= 11 is 0. The smallest absolute Gasteiger partial charge is 0.244 e. The topological polar surface area (TPSA) is 96.9 Å². The van der Waals surface area contributed by atoms with Crippen LogP contribution in [0.3, 0.4) is 0 Å². The Morgan fingerprint density at radius 1 is 1.29 bits per heavy atom. The van der Waals surface area contributed by atoms with Gasteiger partial charge in [0.1, 0.15) is 4.90 Å². The van der Waals surface area contributed by atoms with E-state index in [1.54, 1.807) is 13.2 Å². The van der Waals surface area contributed by atoms with Crippen molar-refractivity contribution in [3.8, 4) is 0 Å². The summed E-state index contributed by atoms with van der Waals surface area (Å²) in [4.78, 5) is 5.98. The Kier molecular flexibility index (Phi) is 4.94. The van der Waals surface area contributed by atoms with Crippen LogP contribution in [0.15, 0.2) is 29.4 Å². The second kappa shape index (κ2) is 6.68. The second-order valence-corrected chi connectivity index (χ2v) is 10.1. The lowest BCUT2D eigenvalue weighted by Crippen LogP contribution is -2.60. The second-order valence-electron chi connectivity index (χ2n) is 6.04. The quantitative estimate of drug-likeness (QED) is 0.665. The van der Waals surface area contributed by atoms with Gasteiger partial charge in [0, 0.05) is 45.2 Å². The molecule has 8 nitrogen and oxygen atoms in total. The minimum atomic E-state index is -3.76. The van der Waals surface area contributed by atoms with E-state index in [4.69, 9.17) is 4.74 Å². The van der Waals surface area contributed by atoms with Crippen molar-refractivity contribution in [1.82, 2.24) is 14.2 Å². The lowest BCUT2D eigenvalue weighted by Gasteiger charge is -2.42. The van der Waals surface area contributed by atoms with Crippen molar-refractivity contribution < 1.29 is 21.6 Å². The van der Waals surface area contributed by atoms with Gasteiger partial charge in [0.15, 0.2) is 9.84 Å². The van der Waals surface area contributed by atoms with Crippen LogP contribution in [0.2, 0.25) is 0 Å². The molecule has 3 rings (SSSR count). The number of pyridine rings is 1. The van der Waals surface area contributed by atoms with Gasteiger partial charge in [0.05, 0.1) is 24.2 Å². The van der Waals surface area contributed by atoms with E-state index in [9.17, 15) is 16.8 Å². The van der Waals surface area contributed by atoms with Gasteiger partial charge in [-0.2, -0.15) is 4.31 Å². The van der Waals surface area contributed by atoms with E-state index in [1.165, 1.54) is 22.8 Å². The Balaban J connectivity index is 1.91. The SMILES string of the molecule is COCCN1CCN(S(=O)(=O)c2cccnc2)[C@H]2CS(=O)(=O)C[C@H]21. The van der Waals surface area contributed by atoms with Crippen LogP contribution in [0.1, 0.15) is 0 Å². The van der Waals surface area contributed by atoms with Crippen molar-refractivity contribution in [3.05, 3.63) is 24.5 Å². The van der Waals surface area contributed by atoms with E-state index in [1.807, 2.05) is 4.90 Å². The highest BCUT2D eigenvalue weighted by Gasteiger charge is 2.50. The van der Waals surface area contributed by atoms with Gasteiger partial charge in [0.2, 0.25) is 10.0 Å². The molecule has 1 aromatic rings. The zero-order chi connectivity index (χ0) is 17.4. The van der Waals surface area contributed by atoms with Gasteiger partial charge in [-0.1, -0.05) is 0 Å². The molecule has 0 amide bonds. The van der Waals surface area contributed by atoms with E-state index < -0.39 is 25.9 Å². The predicted octanol–water partition coefficient (Wildman–Crippen LogP) is -0.800. The standard InChI is InChI=1S/C14H21N3O5S2/c1-22-8-7-16-5-6-17(14-11-23(18,19)10-13(14)16)24(20,21)12-3-2-4-15-9-12/h2-4,9,13-14H,5-8,10-11H2,1H3/t13-,14+/m1/s1. The summed E-state index contributed by atoms with van der Waals surface area (Å²) in [6, 6.07) is 2.15. The number of sulfonamides is 1. The number of hydrogen-bond acceptors (Lipinski definition) is 7. The largest absolute Gasteiger partial charge is 0.383 e. The average Bonchev–Trinajstić information content (AvgIpc) is 2.88. The molecule has 0 unspecified atom stereocenters. The van der Waals surface area contributed by atoms with Crippen LogP contribution in [-0.4, -0.2) is 88.0 Å². The predicted molar refractivity (Wildman–Crippen MR) is 87.8 cm³/mol. The molecule has 0 bridgehead atoms. The Bertz CT molecular complexity index is 782. The fourth-order valence-corrected chi connectivity index (χ4v) is 7.13. The van der Waals surface area contributed by atoms with Crippen LogP contribution in [-0.2, 0) is 24.6 Å². The maximum absolute atomic E-state index is 12.9. The molecule has 2 aliphatic heterocycles. The molecule has 10 heteroatoms. The maximum atomic E-state index is 12.9. The van der Waals surface area contributed by atoms with Crippen LogP contribution in [0, 0.1) is 0 Å². The number of piperazine rings is 1. The first kappa shape index (κ1) is 17.7. The molecule has 3 heterocycles. The van der Waals surface area contributed by atoms with E-state index in [2.05, 4.69) is 4.98 Å². The molecular weight excluding hydrogens is 354 g/mol. The fraction of sp³-hybridized carbons (Fsp3) is 0.643. The van der Waals surface area contributed by atoms with Gasteiger partial charge in [0.25, 0.3) is 0 Å². The average molecular weight is 375 g/mol. The third kappa shape index (κ3) is 3.33. The normalized spacial score (nSPS) is 27.9. The molecule has 1 aromatic heterocycles. The number of nitrogens with zero attached hydrogens (tertiary/aromatic N) is 3. The Morgan fingerprint density at radius 3 is 2.71 bits per heavy atom. The van der Waals surface area contributed by atoms with Gasteiger partial charge in [-0.3, -0.25) is 9.88 Å². The van der Waals surface area contributed by atoms with E-state index in [0.717, 1.165) is 0 Å². The number of fused-ring (bicyclic) bond motifs is 1. The zero-order valence-electron chi connectivity index (χ0n) is 13.4. The molecule has 0 spiro atoms. The van der Waals surface area contributed by atoms with Gasteiger partial charge in [-0.05, 0) is 12.1 Å². The first-order chi connectivity index (χ1) is 11.3. The number of methoxy groups -OCH3 is 1. The van der Waals surface area contributed by atoms with Gasteiger partial charge in [-0.25, -0.2) is 16.8 Å². The minimum absolute atomic E-state index is 0.0135. The van der Waals surface area contributed by atoms with Crippen LogP contribution < -0.4 is 0 Å². The fourth-order valence-electron chi connectivity index (χ4n) is 3.41. The molecule has 2 atom stereocenters. The van der Waals surface area contributed by atoms with Gasteiger partial charge < -0.3 is 4.74 Å². The molecule has 0 N–H and O–H groups in total. The van der Waals surface area contributed by atoms with Crippen LogP contribution in [0.4, 0.5) is 0 Å². The molecule has 24 heavy (non-hydrogen) atoms. The molecule has 0 aromatic carbocycles. The van der Waals surface area contributed by atoms with Crippen molar-refractivity contribution in [2.45, 2.75) is 17.0 Å². The van der Waals surface area contributed by atoms with Crippen molar-refractivity contribution in [1.29, 1.82) is 0 Å². The molecule has 2 aliphatic rings. The first-order valence-corrected chi connectivity index (χ1v) is 11.0. The van der Waals surface area contributed by atoms with E-state index in [-0.39, 0.29) is 29.0 Å². The number of rotatable bonds is 5. The Hall–Kier alpha value is -1.07. The molecule has 2 fully saturated rings. The lowest BCUT2D eigenvalue weighted by molar-refractivity contribution is 0.0663. The third-order valence-electron chi connectivity index (χ3n) is 4.56. The number of ether oxygens (including phenoxy) is 1. The molecule has 0 saturated carbocycles. The molecular formula is C14H21N3O5S2. The van der Waals surface area contributed by atoms with Crippen LogP contribution in [0.5, 0.6) is 0 Å². The monoisotopic (exact) mass is 375 g/mol. The molecule has 2 saturated heterocycles. The first-order valence-electron chi connectivity index (χ1n) is 7.70. The van der Waals surface area contributed by atoms with Crippen molar-refractivity contribution in [3.63, 3.8) is 0 Å². The lowest BCUT2D eigenvalue weighted by atomic mass is 10.1. The Morgan fingerprint density at radius 2 is 2.04 bits per heavy atom. The number of aromatic nitrogens is 1. The highest BCUT2D eigenvalue weighted by atomic mass is 32.2. The minimum Gasteiger partial charge on any atom is -0.383 e. The van der Waals surface area contributed by atoms with Gasteiger partial charge in [-0.15, -0.1) is 0 Å². The molecule has 0 aliphatic carbocycles. The summed E-state index contributed by atoms with van der Waals surface area (Å²) in [5.74, 6) is -0.152. The van der Waals surface area contributed by atoms with E-state index >= 15 is 0 Å². The van der Waals surface area contributed by atoms with Crippen LogP contribution in [0.25, 0.3) is 0 Å². The van der Waals surface area contributed by atoms with Gasteiger partial charge >= 0.3 is 0 Å². The highest BCUT2D eigenvalue weighted by molar-refractivity contribution is 7.92. The Labute approximate surface area is 142 Å². The molecule has 0 radical (unpaired) electrons. The zero-order valence-corrected chi connectivity index (χ0v) is 15.0. The highest BCUT2D eigenvalue weighted by Crippen LogP contribution is 2.30. The summed E-state index contributed by atoms with van der Waals surface area (Å²) < 4.78 is 56.5. The van der Waals surface area contributed by atoms with Crippen molar-refractivity contribution in [2.75, 3.05) is 44.9 Å². The van der Waals surface area contributed by atoms with Crippen molar-refractivity contribution in [2.24, 2.45) is 0 Å². The summed E-state index contributed by atoms with van der Waals surface area (Å²) in [6.45, 7) is 1.82.